The van der Waals surface area contributed by atoms with Crippen molar-refractivity contribution in [3.8, 4) is 0 Å². The van der Waals surface area contributed by atoms with Gasteiger partial charge in [-0.2, -0.15) is 20.1 Å². The molecule has 3 heterocycles. The van der Waals surface area contributed by atoms with Crippen LogP contribution in [0.4, 0.5) is 23.5 Å². The fraction of sp³-hybridized carbons (Fsp3) is 0.444. The van der Waals surface area contributed by atoms with Crippen molar-refractivity contribution in [2.24, 2.45) is 5.10 Å². The summed E-state index contributed by atoms with van der Waals surface area (Å²) in [5.74, 6) is 1.33. The monoisotopic (exact) mass is 448 g/mol. The van der Waals surface area contributed by atoms with Gasteiger partial charge in [0.15, 0.2) is 0 Å². The summed E-state index contributed by atoms with van der Waals surface area (Å²) in [4.78, 5) is 28.1. The number of nitrogens with one attached hydrogen (secondary N) is 1. The molecule has 0 radical (unpaired) electrons. The van der Waals surface area contributed by atoms with Crippen LogP contribution >= 0.6 is 11.6 Å². The van der Waals surface area contributed by atoms with Crippen LogP contribution < -0.4 is 15.2 Å². The van der Waals surface area contributed by atoms with Crippen molar-refractivity contribution in [3.05, 3.63) is 38.9 Å². The summed E-state index contributed by atoms with van der Waals surface area (Å²) in [6.45, 7) is 5.12. The van der Waals surface area contributed by atoms with Gasteiger partial charge in [0.05, 0.1) is 37.6 Å². The average Bonchev–Trinajstić information content (AvgIpc) is 2.81. The van der Waals surface area contributed by atoms with Gasteiger partial charge in [-0.3, -0.25) is 10.1 Å². The third-order valence-corrected chi connectivity index (χ3v) is 5.10. The largest absolute Gasteiger partial charge is 0.378 e. The third-order valence-electron chi connectivity index (χ3n) is 4.76. The summed E-state index contributed by atoms with van der Waals surface area (Å²) in [5, 5.41) is 15.5. The number of halogens is 1. The highest BCUT2D eigenvalue weighted by atomic mass is 35.5. The Morgan fingerprint density at radius 1 is 1.03 bits per heavy atom. The van der Waals surface area contributed by atoms with E-state index in [1.165, 1.54) is 24.4 Å². The predicted octanol–water partition coefficient (Wildman–Crippen LogP) is 1.55. The Morgan fingerprint density at radius 3 is 2.16 bits per heavy atom. The number of nitro groups is 1. The summed E-state index contributed by atoms with van der Waals surface area (Å²) in [6.07, 6.45) is 1.39. The number of rotatable bonds is 6. The van der Waals surface area contributed by atoms with E-state index in [1.54, 1.807) is 0 Å². The number of nitrogens with zero attached hydrogens (tertiary/aromatic N) is 7. The van der Waals surface area contributed by atoms with E-state index in [0.29, 0.717) is 75.1 Å². The number of anilines is 3. The second-order valence-electron chi connectivity index (χ2n) is 6.79. The van der Waals surface area contributed by atoms with Crippen molar-refractivity contribution < 1.29 is 14.4 Å². The molecule has 13 heteroatoms. The number of non-ortho nitro benzene ring substituents is 1. The Morgan fingerprint density at radius 2 is 1.61 bits per heavy atom. The lowest BCUT2D eigenvalue weighted by atomic mass is 10.2. The zero-order valence-electron chi connectivity index (χ0n) is 16.6. The van der Waals surface area contributed by atoms with Crippen LogP contribution in [0, 0.1) is 10.1 Å². The first-order valence-corrected chi connectivity index (χ1v) is 10.1. The van der Waals surface area contributed by atoms with Gasteiger partial charge in [0.25, 0.3) is 5.69 Å². The molecule has 1 aromatic heterocycles. The smallest absolute Gasteiger partial charge is 0.270 e. The molecule has 0 amide bonds. The molecular formula is C18H21ClN8O4. The number of morpholine rings is 2. The summed E-state index contributed by atoms with van der Waals surface area (Å²) in [7, 11) is 0. The first-order valence-electron chi connectivity index (χ1n) is 9.74. The summed E-state index contributed by atoms with van der Waals surface area (Å²) >= 11 is 6.12. The van der Waals surface area contributed by atoms with Gasteiger partial charge < -0.3 is 19.3 Å². The number of benzene rings is 1. The van der Waals surface area contributed by atoms with E-state index in [0.717, 1.165) is 0 Å². The molecule has 0 atom stereocenters. The van der Waals surface area contributed by atoms with Crippen LogP contribution in [0.25, 0.3) is 0 Å². The van der Waals surface area contributed by atoms with Crippen molar-refractivity contribution in [3.63, 3.8) is 0 Å². The van der Waals surface area contributed by atoms with Gasteiger partial charge in [-0.05, 0) is 6.07 Å². The molecule has 2 aromatic rings. The minimum Gasteiger partial charge on any atom is -0.378 e. The molecule has 0 bridgehead atoms. The van der Waals surface area contributed by atoms with Crippen LogP contribution in [0.3, 0.4) is 0 Å². The highest BCUT2D eigenvalue weighted by molar-refractivity contribution is 6.33. The summed E-state index contributed by atoms with van der Waals surface area (Å²) in [5.41, 5.74) is 3.12. The lowest BCUT2D eigenvalue weighted by molar-refractivity contribution is -0.384. The van der Waals surface area contributed by atoms with Crippen LogP contribution in [0.5, 0.6) is 0 Å². The SMILES string of the molecule is O=[N+]([O-])c1ccc(Cl)c(C=NNc2nc(N3CCOCC3)nc(N3CCOCC3)n2)c1. The van der Waals surface area contributed by atoms with E-state index in [1.807, 2.05) is 9.80 Å². The van der Waals surface area contributed by atoms with Gasteiger partial charge in [-0.15, -0.1) is 0 Å². The number of hydrogen-bond acceptors (Lipinski definition) is 11. The van der Waals surface area contributed by atoms with E-state index in [9.17, 15) is 10.1 Å². The van der Waals surface area contributed by atoms with E-state index in [4.69, 9.17) is 21.1 Å². The molecule has 12 nitrogen and oxygen atoms in total. The van der Waals surface area contributed by atoms with E-state index in [-0.39, 0.29) is 11.6 Å². The standard InChI is InChI=1S/C18H21ClN8O4/c19-15-2-1-14(27(28)29)11-13(15)12-20-24-16-21-17(25-3-7-30-8-4-25)23-18(22-16)26-5-9-31-10-6-26/h1-2,11-12H,3-10H2,(H,21,22,23,24). The minimum absolute atomic E-state index is 0.0739. The highest BCUT2D eigenvalue weighted by Crippen LogP contribution is 2.21. The number of hydrazone groups is 1. The van der Waals surface area contributed by atoms with Gasteiger partial charge in [0.2, 0.25) is 17.8 Å². The Kier molecular flexibility index (Phi) is 6.70. The summed E-state index contributed by atoms with van der Waals surface area (Å²) < 4.78 is 10.8. The van der Waals surface area contributed by atoms with Gasteiger partial charge in [0.1, 0.15) is 0 Å². The lowest BCUT2D eigenvalue weighted by Crippen LogP contribution is -2.40. The van der Waals surface area contributed by atoms with Gasteiger partial charge in [0, 0.05) is 48.9 Å². The number of aromatic nitrogens is 3. The maximum atomic E-state index is 11.0. The van der Waals surface area contributed by atoms with Crippen molar-refractivity contribution >= 4 is 41.3 Å². The topological polar surface area (TPSA) is 131 Å². The highest BCUT2D eigenvalue weighted by Gasteiger charge is 2.20. The zero-order chi connectivity index (χ0) is 21.6. The molecular weight excluding hydrogens is 428 g/mol. The molecule has 2 fully saturated rings. The van der Waals surface area contributed by atoms with E-state index < -0.39 is 4.92 Å². The first-order chi connectivity index (χ1) is 15.1. The van der Waals surface area contributed by atoms with Crippen LogP contribution in [0.2, 0.25) is 5.02 Å². The Hall–Kier alpha value is -3.09. The molecule has 0 saturated carbocycles. The molecule has 0 aliphatic carbocycles. The quantitative estimate of drug-likeness (QED) is 0.394. The number of ether oxygens (including phenoxy) is 2. The van der Waals surface area contributed by atoms with Gasteiger partial charge in [-0.1, -0.05) is 11.6 Å². The second kappa shape index (κ2) is 9.81. The van der Waals surface area contributed by atoms with Crippen LogP contribution in [0.1, 0.15) is 5.56 Å². The molecule has 2 saturated heterocycles. The van der Waals surface area contributed by atoms with Crippen LogP contribution in [-0.2, 0) is 9.47 Å². The van der Waals surface area contributed by atoms with E-state index >= 15 is 0 Å². The van der Waals surface area contributed by atoms with Crippen molar-refractivity contribution in [1.29, 1.82) is 0 Å². The Balaban J connectivity index is 1.57. The van der Waals surface area contributed by atoms with Crippen LogP contribution in [-0.4, -0.2) is 78.7 Å². The Bertz CT molecular complexity index is 927. The Labute approximate surface area is 183 Å². The maximum Gasteiger partial charge on any atom is 0.270 e. The normalized spacial score (nSPS) is 17.2. The predicted molar refractivity (Wildman–Crippen MR) is 115 cm³/mol. The van der Waals surface area contributed by atoms with Crippen molar-refractivity contribution in [2.45, 2.75) is 0 Å². The second-order valence-corrected chi connectivity index (χ2v) is 7.20. The molecule has 2 aliphatic rings. The molecule has 31 heavy (non-hydrogen) atoms. The fourth-order valence-electron chi connectivity index (χ4n) is 3.12. The maximum absolute atomic E-state index is 11.0. The number of nitro benzene ring substituents is 1. The van der Waals surface area contributed by atoms with E-state index in [2.05, 4.69) is 25.5 Å². The molecule has 2 aliphatic heterocycles. The number of hydrogen-bond donors (Lipinski definition) is 1. The fourth-order valence-corrected chi connectivity index (χ4v) is 3.28. The van der Waals surface area contributed by atoms with Crippen molar-refractivity contribution in [2.75, 3.05) is 67.8 Å². The first kappa shape index (κ1) is 21.2. The molecule has 164 valence electrons. The minimum atomic E-state index is -0.490. The average molecular weight is 449 g/mol. The molecule has 1 N–H and O–H groups in total. The zero-order valence-corrected chi connectivity index (χ0v) is 17.4. The van der Waals surface area contributed by atoms with Gasteiger partial charge >= 0.3 is 0 Å². The molecule has 0 spiro atoms. The van der Waals surface area contributed by atoms with Crippen molar-refractivity contribution in [1.82, 2.24) is 15.0 Å². The molecule has 0 unspecified atom stereocenters. The van der Waals surface area contributed by atoms with Crippen LogP contribution in [0.15, 0.2) is 23.3 Å². The third kappa shape index (κ3) is 5.34. The molecule has 1 aromatic carbocycles. The lowest BCUT2D eigenvalue weighted by Gasteiger charge is -2.30. The summed E-state index contributed by atoms with van der Waals surface area (Å²) in [6, 6.07) is 4.14. The molecule has 4 rings (SSSR count). The van der Waals surface area contributed by atoms with Gasteiger partial charge in [-0.25, -0.2) is 5.43 Å².